The monoisotopic (exact) mass is 361 g/mol. The number of carbonyl (C=O) groups excluding carboxylic acids is 1. The molecule has 26 heavy (non-hydrogen) atoms. The zero-order valence-electron chi connectivity index (χ0n) is 13.8. The maximum Gasteiger partial charge on any atom is 0.352 e. The largest absolute Gasteiger partial charge is 0.497 e. The summed E-state index contributed by atoms with van der Waals surface area (Å²) < 4.78 is 25.5. The zero-order valence-corrected chi connectivity index (χ0v) is 13.8. The van der Waals surface area contributed by atoms with Crippen LogP contribution in [0.5, 0.6) is 5.75 Å². The van der Waals surface area contributed by atoms with Gasteiger partial charge in [-0.1, -0.05) is 6.08 Å². The summed E-state index contributed by atoms with van der Waals surface area (Å²) in [5.74, 6) is -1.42. The van der Waals surface area contributed by atoms with E-state index in [1.54, 1.807) is 18.2 Å². The second-order valence-corrected chi connectivity index (χ2v) is 5.44. The van der Waals surface area contributed by atoms with Crippen molar-refractivity contribution >= 4 is 11.7 Å². The fourth-order valence-electron chi connectivity index (χ4n) is 2.39. The van der Waals surface area contributed by atoms with Gasteiger partial charge in [0.2, 0.25) is 0 Å². The maximum absolute atomic E-state index is 14.3. The second kappa shape index (κ2) is 7.46. The predicted molar refractivity (Wildman–Crippen MR) is 89.5 cm³/mol. The van der Waals surface area contributed by atoms with E-state index in [1.807, 2.05) is 0 Å². The van der Waals surface area contributed by atoms with Gasteiger partial charge in [0.05, 0.1) is 19.9 Å². The Bertz CT molecular complexity index is 894. The fraction of sp³-hybridized carbons (Fsp3) is 0.235. The topological polar surface area (TPSA) is 103 Å². The van der Waals surface area contributed by atoms with Crippen LogP contribution in [0.25, 0.3) is 0 Å². The van der Waals surface area contributed by atoms with Crippen LogP contribution >= 0.6 is 0 Å². The van der Waals surface area contributed by atoms with E-state index in [0.29, 0.717) is 5.75 Å². The van der Waals surface area contributed by atoms with E-state index in [1.165, 1.54) is 25.3 Å². The van der Waals surface area contributed by atoms with E-state index in [9.17, 15) is 14.0 Å². The number of aliphatic hydroxyl groups excluding tert-OH is 1. The van der Waals surface area contributed by atoms with E-state index in [2.05, 4.69) is 10.3 Å². The maximum atomic E-state index is 14.3. The van der Waals surface area contributed by atoms with Crippen LogP contribution in [0.4, 0.5) is 10.2 Å². The molecule has 0 saturated heterocycles. The molecule has 1 aliphatic heterocycles. The Balaban J connectivity index is 1.78. The minimum atomic E-state index is -0.893. The molecule has 0 aliphatic carbocycles. The lowest BCUT2D eigenvalue weighted by Gasteiger charge is -2.15. The minimum absolute atomic E-state index is 0.254. The summed E-state index contributed by atoms with van der Waals surface area (Å²) in [6.45, 7) is -0.256. The van der Waals surface area contributed by atoms with Gasteiger partial charge in [-0.05, 0) is 30.3 Å². The van der Waals surface area contributed by atoms with Crippen LogP contribution in [0, 0.1) is 5.82 Å². The molecular weight excluding hydrogens is 345 g/mol. The zero-order chi connectivity index (χ0) is 18.7. The Morgan fingerprint density at radius 2 is 2.12 bits per heavy atom. The summed E-state index contributed by atoms with van der Waals surface area (Å²) in [6, 6.07) is 6.16. The normalized spacial score (nSPS) is 18.7. The molecule has 2 atom stereocenters. The van der Waals surface area contributed by atoms with Gasteiger partial charge in [0, 0.05) is 5.56 Å². The average Bonchev–Trinajstić information content (AvgIpc) is 3.13. The van der Waals surface area contributed by atoms with Crippen molar-refractivity contribution in [2.75, 3.05) is 19.0 Å². The first-order valence-corrected chi connectivity index (χ1v) is 7.70. The summed E-state index contributed by atoms with van der Waals surface area (Å²) in [6.07, 6.45) is 2.54. The number of methoxy groups -OCH3 is 1. The van der Waals surface area contributed by atoms with E-state index in [4.69, 9.17) is 14.6 Å². The molecule has 0 radical (unpaired) electrons. The summed E-state index contributed by atoms with van der Waals surface area (Å²) >= 11 is 0. The van der Waals surface area contributed by atoms with Gasteiger partial charge in [-0.15, -0.1) is 0 Å². The van der Waals surface area contributed by atoms with Crippen molar-refractivity contribution in [3.63, 3.8) is 0 Å². The molecule has 1 aromatic heterocycles. The molecule has 3 rings (SSSR count). The van der Waals surface area contributed by atoms with Gasteiger partial charge in [-0.2, -0.15) is 4.98 Å². The number of ether oxygens (including phenoxy) is 2. The van der Waals surface area contributed by atoms with Crippen LogP contribution < -0.4 is 15.7 Å². The first-order valence-electron chi connectivity index (χ1n) is 7.70. The number of nitrogens with one attached hydrogen (secondary N) is 1. The number of carbonyl (C=O) groups is 1. The van der Waals surface area contributed by atoms with Gasteiger partial charge in [0.1, 0.15) is 11.9 Å². The molecule has 136 valence electrons. The first kappa shape index (κ1) is 17.8. The fourth-order valence-corrected chi connectivity index (χ4v) is 2.39. The lowest BCUT2D eigenvalue weighted by Crippen LogP contribution is -2.30. The van der Waals surface area contributed by atoms with E-state index >= 15 is 0 Å². The molecule has 0 bridgehead atoms. The van der Waals surface area contributed by atoms with Gasteiger partial charge in [-0.3, -0.25) is 9.36 Å². The third-order valence-electron chi connectivity index (χ3n) is 3.75. The Morgan fingerprint density at radius 1 is 1.38 bits per heavy atom. The molecule has 1 aromatic carbocycles. The summed E-state index contributed by atoms with van der Waals surface area (Å²) in [4.78, 5) is 27.9. The average molecular weight is 361 g/mol. The number of benzene rings is 1. The van der Waals surface area contributed by atoms with Crippen molar-refractivity contribution in [3.05, 3.63) is 64.5 Å². The molecule has 0 fully saturated rings. The summed E-state index contributed by atoms with van der Waals surface area (Å²) in [5.41, 5.74) is -0.548. The predicted octanol–water partition coefficient (Wildman–Crippen LogP) is 1.09. The number of aliphatic hydroxyl groups is 1. The van der Waals surface area contributed by atoms with Crippen molar-refractivity contribution in [2.24, 2.45) is 0 Å². The smallest absolute Gasteiger partial charge is 0.352 e. The third-order valence-corrected chi connectivity index (χ3v) is 3.75. The van der Waals surface area contributed by atoms with E-state index in [-0.39, 0.29) is 12.2 Å². The van der Waals surface area contributed by atoms with Crippen LogP contribution in [0.1, 0.15) is 16.6 Å². The van der Waals surface area contributed by atoms with E-state index in [0.717, 1.165) is 10.8 Å². The third kappa shape index (κ3) is 3.63. The second-order valence-electron chi connectivity index (χ2n) is 5.44. The van der Waals surface area contributed by atoms with Crippen molar-refractivity contribution in [2.45, 2.75) is 12.3 Å². The molecule has 2 unspecified atom stereocenters. The Morgan fingerprint density at radius 3 is 2.73 bits per heavy atom. The SMILES string of the molecule is COc1ccc(C(=O)Nc2nc(=O)n(C3C=CC(CO)O3)cc2F)cc1. The minimum Gasteiger partial charge on any atom is -0.497 e. The quantitative estimate of drug-likeness (QED) is 0.773. The highest BCUT2D eigenvalue weighted by molar-refractivity contribution is 6.03. The highest BCUT2D eigenvalue weighted by atomic mass is 19.1. The van der Waals surface area contributed by atoms with E-state index < -0.39 is 35.6 Å². The molecule has 2 heterocycles. The standard InChI is InChI=1S/C17H16FN3O5/c1-25-11-4-2-10(3-5-11)16(23)19-15-13(18)8-21(17(24)20-15)14-7-6-12(9-22)26-14/h2-8,12,14,22H,9H2,1H3,(H,19,20,23,24). The number of halogens is 1. The van der Waals surface area contributed by atoms with Crippen molar-refractivity contribution in [1.29, 1.82) is 0 Å². The summed E-state index contributed by atoms with van der Waals surface area (Å²) in [5, 5.41) is 11.3. The number of aromatic nitrogens is 2. The molecule has 9 heteroatoms. The lowest BCUT2D eigenvalue weighted by molar-refractivity contribution is -0.0106. The Hall–Kier alpha value is -3.04. The Labute approximate surface area is 147 Å². The van der Waals surface area contributed by atoms with Crippen molar-refractivity contribution in [3.8, 4) is 5.75 Å². The van der Waals surface area contributed by atoms with Crippen molar-refractivity contribution in [1.82, 2.24) is 9.55 Å². The van der Waals surface area contributed by atoms with Crippen LogP contribution in [0.2, 0.25) is 0 Å². The molecule has 0 saturated carbocycles. The number of nitrogens with zero attached hydrogens (tertiary/aromatic N) is 2. The first-order chi connectivity index (χ1) is 12.5. The molecule has 1 amide bonds. The van der Waals surface area contributed by atoms with Gasteiger partial charge >= 0.3 is 5.69 Å². The van der Waals surface area contributed by atoms with Gasteiger partial charge in [0.15, 0.2) is 17.9 Å². The molecule has 8 nitrogen and oxygen atoms in total. The number of anilines is 1. The number of rotatable bonds is 5. The highest BCUT2D eigenvalue weighted by Crippen LogP contribution is 2.20. The number of hydrogen-bond acceptors (Lipinski definition) is 6. The molecular formula is C17H16FN3O5. The molecule has 0 spiro atoms. The highest BCUT2D eigenvalue weighted by Gasteiger charge is 2.23. The molecule has 2 aromatic rings. The van der Waals surface area contributed by atoms with Gasteiger partial charge in [0.25, 0.3) is 5.91 Å². The lowest BCUT2D eigenvalue weighted by atomic mass is 10.2. The van der Waals surface area contributed by atoms with Gasteiger partial charge in [-0.25, -0.2) is 9.18 Å². The van der Waals surface area contributed by atoms with Crippen molar-refractivity contribution < 1.29 is 23.8 Å². The van der Waals surface area contributed by atoms with Gasteiger partial charge < -0.3 is 19.9 Å². The Kier molecular flexibility index (Phi) is 5.10. The van der Waals surface area contributed by atoms with Crippen LogP contribution in [0.3, 0.4) is 0 Å². The number of hydrogen-bond donors (Lipinski definition) is 2. The van der Waals surface area contributed by atoms with Crippen LogP contribution in [0.15, 0.2) is 47.4 Å². The van der Waals surface area contributed by atoms with Crippen LogP contribution in [-0.2, 0) is 4.74 Å². The van der Waals surface area contributed by atoms with Crippen LogP contribution in [-0.4, -0.2) is 40.4 Å². The molecule has 2 N–H and O–H groups in total. The molecule has 1 aliphatic rings. The number of amides is 1. The summed E-state index contributed by atoms with van der Waals surface area (Å²) in [7, 11) is 1.50.